The van der Waals surface area contributed by atoms with E-state index in [-0.39, 0.29) is 19.6 Å². The van der Waals surface area contributed by atoms with E-state index in [1.54, 1.807) is 6.92 Å². The number of aliphatic hydroxyl groups is 1. The molecule has 0 aromatic carbocycles. The number of aromatic amines is 1. The van der Waals surface area contributed by atoms with E-state index in [9.17, 15) is 24.2 Å². The molecule has 2 heterocycles. The van der Waals surface area contributed by atoms with Gasteiger partial charge in [0.05, 0.1) is 12.7 Å². The quantitative estimate of drug-likeness (QED) is 0.308. The van der Waals surface area contributed by atoms with Gasteiger partial charge in [-0.05, 0) is 40.5 Å². The van der Waals surface area contributed by atoms with Crippen LogP contribution in [0, 0.1) is 6.92 Å². The number of aliphatic hydroxyl groups excluding tert-OH is 1. The first-order valence-corrected chi connectivity index (χ1v) is 11.7. The van der Waals surface area contributed by atoms with Crippen molar-refractivity contribution in [3.8, 4) is 0 Å². The first kappa shape index (κ1) is 25.5. The maximum atomic E-state index is 12.2. The number of aryl methyl sites for hydroxylation is 1. The Balaban J connectivity index is 1.86. The molecule has 174 valence electrons. The van der Waals surface area contributed by atoms with Crippen molar-refractivity contribution in [3.63, 3.8) is 0 Å². The number of hydrogen-bond acceptors (Lipinski definition) is 6. The summed E-state index contributed by atoms with van der Waals surface area (Å²) in [6.45, 7) is 7.40. The van der Waals surface area contributed by atoms with Crippen LogP contribution in [0.4, 0.5) is 0 Å². The van der Waals surface area contributed by atoms with Crippen LogP contribution in [0.15, 0.2) is 39.1 Å². The number of rotatable bonds is 10. The van der Waals surface area contributed by atoms with Crippen molar-refractivity contribution in [1.29, 1.82) is 0 Å². The van der Waals surface area contributed by atoms with Crippen molar-refractivity contribution in [2.24, 2.45) is 0 Å². The smallest absolute Gasteiger partial charge is 0.390 e. The fourth-order valence-electron chi connectivity index (χ4n) is 3.08. The molecule has 1 aromatic heterocycles. The number of aromatic nitrogens is 2. The zero-order chi connectivity index (χ0) is 23.2. The standard InChI is InChI=1S/C20H32N3O7P/c1-13(2)6-5-7-14(3)8-9-21-31(27,28)29-12-17-16(24)10-18(30-17)23-11-15(4)19(25)22-20(23)26/h6,8,11,16-18,24H,5,7,9-10,12H2,1-4H3,(H2,21,27,28)(H,22,25,26)/b14-8+/t16-,17+,18+/m0/s1. The van der Waals surface area contributed by atoms with Gasteiger partial charge in [-0.3, -0.25) is 18.9 Å². The molecular formula is C20H32N3O7P. The Kier molecular flexibility index (Phi) is 9.17. The maximum Gasteiger partial charge on any atom is 0.403 e. The van der Waals surface area contributed by atoms with Gasteiger partial charge in [0.15, 0.2) is 0 Å². The summed E-state index contributed by atoms with van der Waals surface area (Å²) in [4.78, 5) is 35.6. The van der Waals surface area contributed by atoms with E-state index >= 15 is 0 Å². The third-order valence-corrected chi connectivity index (χ3v) is 5.99. The lowest BCUT2D eigenvalue weighted by molar-refractivity contribution is -0.0428. The molecule has 4 N–H and O–H groups in total. The van der Waals surface area contributed by atoms with Crippen LogP contribution >= 0.6 is 7.75 Å². The van der Waals surface area contributed by atoms with Crippen LogP contribution in [0.1, 0.15) is 51.8 Å². The Morgan fingerprint density at radius 3 is 2.77 bits per heavy atom. The second-order valence-electron chi connectivity index (χ2n) is 7.96. The summed E-state index contributed by atoms with van der Waals surface area (Å²) in [5.74, 6) is 0. The fourth-order valence-corrected chi connectivity index (χ4v) is 3.84. The van der Waals surface area contributed by atoms with Crippen LogP contribution in [0.25, 0.3) is 0 Å². The van der Waals surface area contributed by atoms with Gasteiger partial charge in [0.2, 0.25) is 0 Å². The third-order valence-electron chi connectivity index (χ3n) is 4.91. The number of H-pyrrole nitrogens is 1. The minimum Gasteiger partial charge on any atom is -0.390 e. The van der Waals surface area contributed by atoms with Gasteiger partial charge < -0.3 is 14.7 Å². The Morgan fingerprint density at radius 1 is 1.39 bits per heavy atom. The van der Waals surface area contributed by atoms with Gasteiger partial charge >= 0.3 is 13.4 Å². The molecule has 0 amide bonds. The third kappa shape index (κ3) is 7.99. The molecule has 1 saturated heterocycles. The largest absolute Gasteiger partial charge is 0.403 e. The molecule has 1 unspecified atom stereocenters. The summed E-state index contributed by atoms with van der Waals surface area (Å²) < 4.78 is 24.1. The van der Waals surface area contributed by atoms with E-state index in [1.165, 1.54) is 16.3 Å². The predicted octanol–water partition coefficient (Wildman–Crippen LogP) is 1.89. The summed E-state index contributed by atoms with van der Waals surface area (Å²) >= 11 is 0. The highest BCUT2D eigenvalue weighted by Gasteiger charge is 2.37. The van der Waals surface area contributed by atoms with Gasteiger partial charge in [0.1, 0.15) is 12.3 Å². The topological polar surface area (TPSA) is 143 Å². The molecule has 0 spiro atoms. The monoisotopic (exact) mass is 457 g/mol. The van der Waals surface area contributed by atoms with Crippen molar-refractivity contribution >= 4 is 7.75 Å². The lowest BCUT2D eigenvalue weighted by Gasteiger charge is -2.18. The molecule has 0 saturated carbocycles. The van der Waals surface area contributed by atoms with Crippen LogP contribution < -0.4 is 16.3 Å². The van der Waals surface area contributed by atoms with Crippen molar-refractivity contribution in [2.75, 3.05) is 13.2 Å². The van der Waals surface area contributed by atoms with E-state index in [1.807, 2.05) is 26.8 Å². The molecule has 0 bridgehead atoms. The van der Waals surface area contributed by atoms with Gasteiger partial charge in [0, 0.05) is 24.7 Å². The number of ether oxygens (including phenoxy) is 1. The summed E-state index contributed by atoms with van der Waals surface area (Å²) in [6.07, 6.45) is 4.45. The van der Waals surface area contributed by atoms with Gasteiger partial charge in [-0.1, -0.05) is 23.3 Å². The van der Waals surface area contributed by atoms with Crippen LogP contribution in [-0.2, 0) is 13.8 Å². The highest BCUT2D eigenvalue weighted by atomic mass is 31.2. The van der Waals surface area contributed by atoms with Crippen LogP contribution in [0.2, 0.25) is 0 Å². The highest BCUT2D eigenvalue weighted by Crippen LogP contribution is 2.38. The Morgan fingerprint density at radius 2 is 2.10 bits per heavy atom. The Labute approximate surface area is 181 Å². The van der Waals surface area contributed by atoms with Crippen molar-refractivity contribution in [2.45, 2.75) is 65.4 Å². The summed E-state index contributed by atoms with van der Waals surface area (Å²) in [5, 5.41) is 12.7. The molecule has 0 aliphatic carbocycles. The molecule has 0 radical (unpaired) electrons. The van der Waals surface area contributed by atoms with Crippen LogP contribution in [0.3, 0.4) is 0 Å². The van der Waals surface area contributed by atoms with Crippen molar-refractivity contribution in [1.82, 2.24) is 14.6 Å². The minimum atomic E-state index is -4.10. The maximum absolute atomic E-state index is 12.2. The fraction of sp³-hybridized carbons (Fsp3) is 0.600. The summed E-state index contributed by atoms with van der Waals surface area (Å²) in [6, 6.07) is 0. The van der Waals surface area contributed by atoms with Crippen LogP contribution in [0.5, 0.6) is 0 Å². The van der Waals surface area contributed by atoms with Crippen molar-refractivity contribution < 1.29 is 23.8 Å². The molecule has 1 aromatic rings. The van der Waals surface area contributed by atoms with Gasteiger partial charge in [0.25, 0.3) is 5.56 Å². The Bertz CT molecular complexity index is 978. The average molecular weight is 457 g/mol. The second kappa shape index (κ2) is 11.2. The summed E-state index contributed by atoms with van der Waals surface area (Å²) in [7, 11) is -4.10. The van der Waals surface area contributed by atoms with Gasteiger partial charge in [-0.2, -0.15) is 0 Å². The molecule has 10 nitrogen and oxygen atoms in total. The van der Waals surface area contributed by atoms with E-state index in [0.29, 0.717) is 5.56 Å². The lowest BCUT2D eigenvalue weighted by Crippen LogP contribution is -2.33. The number of allylic oxidation sites excluding steroid dienone is 3. The predicted molar refractivity (Wildman–Crippen MR) is 117 cm³/mol. The van der Waals surface area contributed by atoms with E-state index < -0.39 is 37.4 Å². The van der Waals surface area contributed by atoms with E-state index in [2.05, 4.69) is 16.1 Å². The first-order valence-electron chi connectivity index (χ1n) is 10.2. The molecule has 1 fully saturated rings. The van der Waals surface area contributed by atoms with Crippen molar-refractivity contribution in [3.05, 3.63) is 55.9 Å². The minimum absolute atomic E-state index is 0.0796. The van der Waals surface area contributed by atoms with Gasteiger partial charge in [-0.15, -0.1) is 0 Å². The zero-order valence-corrected chi connectivity index (χ0v) is 19.2. The number of nitrogens with zero attached hydrogens (tertiary/aromatic N) is 1. The summed E-state index contributed by atoms with van der Waals surface area (Å²) in [5.41, 5.74) is 1.51. The average Bonchev–Trinajstić information content (AvgIpc) is 3.03. The normalized spacial score (nSPS) is 23.5. The highest BCUT2D eigenvalue weighted by molar-refractivity contribution is 7.50. The lowest BCUT2D eigenvalue weighted by atomic mass is 10.1. The second-order valence-corrected chi connectivity index (χ2v) is 9.58. The van der Waals surface area contributed by atoms with Crippen LogP contribution in [-0.4, -0.2) is 44.9 Å². The molecule has 31 heavy (non-hydrogen) atoms. The molecule has 1 aliphatic rings. The number of nitrogens with one attached hydrogen (secondary N) is 2. The zero-order valence-electron chi connectivity index (χ0n) is 18.3. The molecule has 2 rings (SSSR count). The Hall–Kier alpha value is -1.81. The molecule has 4 atom stereocenters. The van der Waals surface area contributed by atoms with E-state index in [0.717, 1.165) is 18.4 Å². The first-order chi connectivity index (χ1) is 14.5. The molecular weight excluding hydrogens is 425 g/mol. The van der Waals surface area contributed by atoms with E-state index in [4.69, 9.17) is 9.26 Å². The molecule has 11 heteroatoms. The SMILES string of the molecule is CC(C)=CCC/C(C)=C/CNP(=O)(O)OC[C@H]1O[C@@H](n2cc(C)c(=O)[nH]c2=O)C[C@@H]1O. The van der Waals surface area contributed by atoms with Gasteiger partial charge in [-0.25, -0.2) is 14.4 Å². The molecule has 1 aliphatic heterocycles. The number of hydrogen-bond donors (Lipinski definition) is 4.